The molecule has 1 aliphatic heterocycles. The second-order valence-electron chi connectivity index (χ2n) is 5.63. The Morgan fingerprint density at radius 2 is 2.04 bits per heavy atom. The minimum atomic E-state index is -0.487. The average molecular weight is 309 g/mol. The van der Waals surface area contributed by atoms with Gasteiger partial charge in [0.15, 0.2) is 0 Å². The van der Waals surface area contributed by atoms with Gasteiger partial charge in [-0.3, -0.25) is 14.6 Å². The van der Waals surface area contributed by atoms with Crippen LogP contribution in [0.25, 0.3) is 0 Å². The summed E-state index contributed by atoms with van der Waals surface area (Å²) in [6.07, 6.45) is 2.41. The monoisotopic (exact) mass is 309 g/mol. The van der Waals surface area contributed by atoms with Gasteiger partial charge in [0.05, 0.1) is 0 Å². The lowest BCUT2D eigenvalue weighted by Crippen LogP contribution is -2.45. The molecule has 0 saturated heterocycles. The van der Waals surface area contributed by atoms with E-state index < -0.39 is 6.04 Å². The molecule has 3 rings (SSSR count). The predicted molar refractivity (Wildman–Crippen MR) is 86.7 cm³/mol. The lowest BCUT2D eigenvalue weighted by Gasteiger charge is -2.23. The average Bonchev–Trinajstić information content (AvgIpc) is 2.92. The lowest BCUT2D eigenvalue weighted by atomic mass is 10.1. The molecule has 0 saturated carbocycles. The van der Waals surface area contributed by atoms with Crippen molar-refractivity contribution in [2.75, 3.05) is 6.54 Å². The molecular weight excluding hydrogens is 290 g/mol. The highest BCUT2D eigenvalue weighted by molar-refractivity contribution is 6.00. The van der Waals surface area contributed by atoms with E-state index in [9.17, 15) is 9.59 Å². The first-order chi connectivity index (χ1) is 11.2. The van der Waals surface area contributed by atoms with E-state index in [4.69, 9.17) is 0 Å². The Morgan fingerprint density at radius 1 is 1.26 bits per heavy atom. The summed E-state index contributed by atoms with van der Waals surface area (Å²) in [6.45, 7) is 2.76. The summed E-state index contributed by atoms with van der Waals surface area (Å²) in [5.41, 5.74) is 2.61. The Kier molecular flexibility index (Phi) is 4.37. The van der Waals surface area contributed by atoms with Crippen molar-refractivity contribution in [3.63, 3.8) is 0 Å². The smallest absolute Gasteiger partial charge is 0.255 e. The number of hydrogen-bond donors (Lipinski definition) is 1. The van der Waals surface area contributed by atoms with Crippen LogP contribution in [0.2, 0.25) is 0 Å². The minimum absolute atomic E-state index is 0.0759. The number of benzene rings is 1. The van der Waals surface area contributed by atoms with E-state index in [0.717, 1.165) is 11.3 Å². The Balaban J connectivity index is 1.55. The van der Waals surface area contributed by atoms with Crippen molar-refractivity contribution in [2.45, 2.75) is 25.9 Å². The molecule has 0 fully saturated rings. The van der Waals surface area contributed by atoms with Gasteiger partial charge in [0.1, 0.15) is 6.04 Å². The normalized spacial score (nSPS) is 14.5. The van der Waals surface area contributed by atoms with Crippen LogP contribution >= 0.6 is 0 Å². The molecule has 1 aromatic carbocycles. The van der Waals surface area contributed by atoms with E-state index in [-0.39, 0.29) is 11.8 Å². The van der Waals surface area contributed by atoms with Crippen molar-refractivity contribution < 1.29 is 9.59 Å². The first-order valence-electron chi connectivity index (χ1n) is 7.73. The molecule has 2 heterocycles. The van der Waals surface area contributed by atoms with Gasteiger partial charge >= 0.3 is 0 Å². The maximum absolute atomic E-state index is 12.4. The van der Waals surface area contributed by atoms with Crippen molar-refractivity contribution in [3.05, 3.63) is 65.5 Å². The molecule has 1 atom stereocenters. The molecule has 1 aromatic heterocycles. The Morgan fingerprint density at radius 3 is 2.78 bits per heavy atom. The van der Waals surface area contributed by atoms with Gasteiger partial charge in [-0.1, -0.05) is 24.3 Å². The summed E-state index contributed by atoms with van der Waals surface area (Å²) in [5.74, 6) is -0.213. The van der Waals surface area contributed by atoms with E-state index in [0.29, 0.717) is 25.1 Å². The number of fused-ring (bicyclic) bond motifs is 1. The number of hydrogen-bond acceptors (Lipinski definition) is 3. The van der Waals surface area contributed by atoms with Gasteiger partial charge in [0, 0.05) is 37.0 Å². The molecule has 1 aliphatic rings. The maximum Gasteiger partial charge on any atom is 0.255 e. The van der Waals surface area contributed by atoms with Crippen LogP contribution < -0.4 is 5.32 Å². The van der Waals surface area contributed by atoms with Crippen LogP contribution in [-0.2, 0) is 17.8 Å². The highest BCUT2D eigenvalue weighted by atomic mass is 16.2. The lowest BCUT2D eigenvalue weighted by molar-refractivity contribution is -0.125. The number of carbonyl (C=O) groups is 2. The summed E-state index contributed by atoms with van der Waals surface area (Å²) in [6, 6.07) is 12.7. The molecule has 1 N–H and O–H groups in total. The van der Waals surface area contributed by atoms with Gasteiger partial charge < -0.3 is 10.2 Å². The third kappa shape index (κ3) is 3.23. The summed E-state index contributed by atoms with van der Waals surface area (Å²) in [4.78, 5) is 30.5. The molecule has 0 spiro atoms. The van der Waals surface area contributed by atoms with Crippen LogP contribution in [0.4, 0.5) is 0 Å². The second kappa shape index (κ2) is 6.60. The highest BCUT2D eigenvalue weighted by Gasteiger charge is 2.33. The zero-order chi connectivity index (χ0) is 16.2. The zero-order valence-corrected chi connectivity index (χ0v) is 13.0. The number of nitrogens with zero attached hydrogens (tertiary/aromatic N) is 2. The van der Waals surface area contributed by atoms with E-state index in [1.54, 1.807) is 18.0 Å². The van der Waals surface area contributed by atoms with Crippen LogP contribution in [0.5, 0.6) is 0 Å². The standard InChI is InChI=1S/C18H19N3O2/c1-13(17(22)20-11-9-15-7-4-5-10-19-15)21-12-14-6-2-3-8-16(14)18(21)23/h2-8,10,13H,9,11-12H2,1H3,(H,20,22). The topological polar surface area (TPSA) is 62.3 Å². The summed E-state index contributed by atoms with van der Waals surface area (Å²) in [7, 11) is 0. The molecule has 0 bridgehead atoms. The third-order valence-corrected chi connectivity index (χ3v) is 4.10. The zero-order valence-electron chi connectivity index (χ0n) is 13.0. The SMILES string of the molecule is CC(C(=O)NCCc1ccccn1)N1Cc2ccccc2C1=O. The van der Waals surface area contributed by atoms with Crippen LogP contribution in [0.15, 0.2) is 48.7 Å². The molecule has 0 radical (unpaired) electrons. The van der Waals surface area contributed by atoms with Gasteiger partial charge in [0.25, 0.3) is 5.91 Å². The molecular formula is C18H19N3O2. The van der Waals surface area contributed by atoms with Crippen molar-refractivity contribution in [2.24, 2.45) is 0 Å². The number of rotatable bonds is 5. The van der Waals surface area contributed by atoms with Crippen LogP contribution in [0.3, 0.4) is 0 Å². The molecule has 1 unspecified atom stereocenters. The molecule has 2 amide bonds. The van der Waals surface area contributed by atoms with Gasteiger partial charge in [-0.05, 0) is 30.7 Å². The highest BCUT2D eigenvalue weighted by Crippen LogP contribution is 2.24. The summed E-state index contributed by atoms with van der Waals surface area (Å²) < 4.78 is 0. The largest absolute Gasteiger partial charge is 0.354 e. The maximum atomic E-state index is 12.4. The molecule has 118 valence electrons. The molecule has 0 aliphatic carbocycles. The van der Waals surface area contributed by atoms with Crippen molar-refractivity contribution >= 4 is 11.8 Å². The van der Waals surface area contributed by atoms with Crippen molar-refractivity contribution in [1.29, 1.82) is 0 Å². The summed E-state index contributed by atoms with van der Waals surface area (Å²) in [5, 5.41) is 2.88. The molecule has 2 aromatic rings. The molecule has 5 heteroatoms. The fraction of sp³-hybridized carbons (Fsp3) is 0.278. The predicted octanol–water partition coefficient (Wildman–Crippen LogP) is 1.78. The molecule has 23 heavy (non-hydrogen) atoms. The van der Waals surface area contributed by atoms with Gasteiger partial charge in [-0.25, -0.2) is 0 Å². The first-order valence-corrected chi connectivity index (χ1v) is 7.73. The van der Waals surface area contributed by atoms with Gasteiger partial charge in [-0.15, -0.1) is 0 Å². The summed E-state index contributed by atoms with van der Waals surface area (Å²) >= 11 is 0. The van der Waals surface area contributed by atoms with Crippen LogP contribution in [0, 0.1) is 0 Å². The fourth-order valence-electron chi connectivity index (χ4n) is 2.74. The Labute approximate surface area is 135 Å². The molecule has 5 nitrogen and oxygen atoms in total. The van der Waals surface area contributed by atoms with E-state index >= 15 is 0 Å². The number of carbonyl (C=O) groups excluding carboxylic acids is 2. The first kappa shape index (κ1) is 15.2. The third-order valence-electron chi connectivity index (χ3n) is 4.10. The quantitative estimate of drug-likeness (QED) is 0.916. The van der Waals surface area contributed by atoms with E-state index in [1.165, 1.54) is 0 Å². The van der Waals surface area contributed by atoms with Crippen LogP contribution in [-0.4, -0.2) is 34.3 Å². The van der Waals surface area contributed by atoms with E-state index in [1.807, 2.05) is 42.5 Å². The fourth-order valence-corrected chi connectivity index (χ4v) is 2.74. The Hall–Kier alpha value is -2.69. The van der Waals surface area contributed by atoms with Gasteiger partial charge in [0.2, 0.25) is 5.91 Å². The number of aromatic nitrogens is 1. The second-order valence-corrected chi connectivity index (χ2v) is 5.63. The number of pyridine rings is 1. The Bertz CT molecular complexity index is 715. The van der Waals surface area contributed by atoms with E-state index in [2.05, 4.69) is 10.3 Å². The minimum Gasteiger partial charge on any atom is -0.354 e. The number of amides is 2. The van der Waals surface area contributed by atoms with Gasteiger partial charge in [-0.2, -0.15) is 0 Å². The van der Waals surface area contributed by atoms with Crippen molar-refractivity contribution in [3.8, 4) is 0 Å². The number of nitrogens with one attached hydrogen (secondary N) is 1. The van der Waals surface area contributed by atoms with Crippen molar-refractivity contribution in [1.82, 2.24) is 15.2 Å². The van der Waals surface area contributed by atoms with Crippen LogP contribution in [0.1, 0.15) is 28.5 Å².